The molecule has 0 amide bonds. The Morgan fingerprint density at radius 2 is 1.88 bits per heavy atom. The molecule has 6 heteroatoms. The van der Waals surface area contributed by atoms with Crippen molar-refractivity contribution in [3.8, 4) is 5.75 Å². The summed E-state index contributed by atoms with van der Waals surface area (Å²) in [6, 6.07) is 11.3. The van der Waals surface area contributed by atoms with Crippen LogP contribution in [-0.4, -0.2) is 44.7 Å². The first-order valence-electron chi connectivity index (χ1n) is 7.31. The third kappa shape index (κ3) is 5.62. The Kier molecular flexibility index (Phi) is 9.06. The molecule has 2 rings (SSSR count). The van der Waals surface area contributed by atoms with E-state index in [1.165, 1.54) is 0 Å². The summed E-state index contributed by atoms with van der Waals surface area (Å²) in [5, 5.41) is 1.52. The predicted molar refractivity (Wildman–Crippen MR) is 103 cm³/mol. The van der Waals surface area contributed by atoms with Gasteiger partial charge in [-0.1, -0.05) is 29.8 Å². The van der Waals surface area contributed by atoms with Gasteiger partial charge in [-0.15, -0.1) is 0 Å². The zero-order chi connectivity index (χ0) is 16.8. The molecule has 2 aromatic carbocycles. The SMILES string of the molecule is COCCOc1ccc(PC(=O)c2c(C)cccc2Cl)c(C)c1.[Li]. The second-order valence-electron chi connectivity index (χ2n) is 5.20. The largest absolute Gasteiger partial charge is 0.491 e. The number of halogens is 1. The van der Waals surface area contributed by atoms with Gasteiger partial charge in [0.1, 0.15) is 12.4 Å². The molecule has 1 atom stereocenters. The van der Waals surface area contributed by atoms with E-state index in [1.807, 2.05) is 44.2 Å². The summed E-state index contributed by atoms with van der Waals surface area (Å²) in [4.78, 5) is 12.6. The van der Waals surface area contributed by atoms with Gasteiger partial charge in [0.2, 0.25) is 0 Å². The molecule has 0 saturated heterocycles. The van der Waals surface area contributed by atoms with Gasteiger partial charge in [-0.25, -0.2) is 0 Å². The van der Waals surface area contributed by atoms with Crippen LogP contribution in [0.2, 0.25) is 5.02 Å². The summed E-state index contributed by atoms with van der Waals surface area (Å²) in [7, 11) is 1.68. The van der Waals surface area contributed by atoms with E-state index in [9.17, 15) is 4.79 Å². The number of carbonyl (C=O) groups is 1. The Morgan fingerprint density at radius 3 is 2.50 bits per heavy atom. The summed E-state index contributed by atoms with van der Waals surface area (Å²) in [6.45, 7) is 4.95. The first-order chi connectivity index (χ1) is 11.0. The molecule has 0 fully saturated rings. The zero-order valence-corrected chi connectivity index (χ0v) is 16.2. The van der Waals surface area contributed by atoms with Crippen LogP contribution in [0.1, 0.15) is 21.5 Å². The maximum Gasteiger partial charge on any atom is 0.187 e. The number of methoxy groups -OCH3 is 1. The van der Waals surface area contributed by atoms with E-state index >= 15 is 0 Å². The average Bonchev–Trinajstić information content (AvgIpc) is 2.50. The van der Waals surface area contributed by atoms with Gasteiger partial charge >= 0.3 is 0 Å². The van der Waals surface area contributed by atoms with Crippen LogP contribution in [0.4, 0.5) is 0 Å². The topological polar surface area (TPSA) is 35.5 Å². The number of carbonyl (C=O) groups excluding carboxylic acids is 1. The van der Waals surface area contributed by atoms with Gasteiger partial charge in [-0.3, -0.25) is 4.79 Å². The standard InChI is InChI=1S/C18H20ClO3P.Li/c1-12-5-4-6-15(19)17(12)18(20)23-16-8-7-14(11-13(16)2)22-10-9-21-3;/h4-8,11,23H,9-10H2,1-3H3;. The average molecular weight is 358 g/mol. The molecule has 3 nitrogen and oxygen atoms in total. The number of benzene rings is 2. The molecule has 24 heavy (non-hydrogen) atoms. The minimum absolute atomic E-state index is 0. The van der Waals surface area contributed by atoms with Crippen molar-refractivity contribution in [2.45, 2.75) is 13.8 Å². The Morgan fingerprint density at radius 1 is 1.12 bits per heavy atom. The molecule has 0 saturated carbocycles. The van der Waals surface area contributed by atoms with Crippen LogP contribution in [0, 0.1) is 13.8 Å². The van der Waals surface area contributed by atoms with Gasteiger partial charge in [-0.05, 0) is 57.1 Å². The van der Waals surface area contributed by atoms with E-state index in [1.54, 1.807) is 13.2 Å². The Balaban J connectivity index is 0.00000288. The third-order valence-electron chi connectivity index (χ3n) is 3.45. The number of ether oxygens (including phenoxy) is 2. The number of aryl methyl sites for hydroxylation is 2. The van der Waals surface area contributed by atoms with Crippen molar-refractivity contribution < 1.29 is 14.3 Å². The molecule has 2 aromatic rings. The molecule has 1 radical (unpaired) electrons. The number of hydrogen-bond donors (Lipinski definition) is 0. The predicted octanol–water partition coefficient (Wildman–Crippen LogP) is 3.75. The molecule has 0 spiro atoms. The third-order valence-corrected chi connectivity index (χ3v) is 5.07. The maximum absolute atomic E-state index is 12.6. The summed E-state index contributed by atoms with van der Waals surface area (Å²) in [5.74, 6) is 0.787. The molecule has 0 aliphatic heterocycles. The second-order valence-corrected chi connectivity index (χ2v) is 6.85. The van der Waals surface area contributed by atoms with Gasteiger partial charge in [-0.2, -0.15) is 0 Å². The van der Waals surface area contributed by atoms with Crippen LogP contribution in [0.25, 0.3) is 0 Å². The Bertz CT molecular complexity index is 686. The number of hydrogen-bond acceptors (Lipinski definition) is 3. The fraction of sp³-hybridized carbons (Fsp3) is 0.278. The molecule has 0 aliphatic rings. The molecule has 0 heterocycles. The van der Waals surface area contributed by atoms with E-state index < -0.39 is 0 Å². The molecule has 0 N–H and O–H groups in total. The summed E-state index contributed by atoms with van der Waals surface area (Å²) >= 11 is 6.18. The first-order valence-corrected chi connectivity index (χ1v) is 8.69. The smallest absolute Gasteiger partial charge is 0.187 e. The van der Waals surface area contributed by atoms with E-state index in [0.29, 0.717) is 23.8 Å². The van der Waals surface area contributed by atoms with E-state index in [2.05, 4.69) is 0 Å². The molecule has 0 bridgehead atoms. The second kappa shape index (κ2) is 10.2. The molecule has 0 aliphatic carbocycles. The van der Waals surface area contributed by atoms with Crippen molar-refractivity contribution in [1.29, 1.82) is 0 Å². The fourth-order valence-corrected chi connectivity index (χ4v) is 3.74. The van der Waals surface area contributed by atoms with Gasteiger partial charge in [0.15, 0.2) is 5.52 Å². The van der Waals surface area contributed by atoms with Crippen molar-refractivity contribution in [2.75, 3.05) is 20.3 Å². The molecule has 123 valence electrons. The van der Waals surface area contributed by atoms with E-state index in [-0.39, 0.29) is 33.0 Å². The van der Waals surface area contributed by atoms with Gasteiger partial charge < -0.3 is 9.47 Å². The van der Waals surface area contributed by atoms with Crippen molar-refractivity contribution in [1.82, 2.24) is 0 Å². The monoisotopic (exact) mass is 357 g/mol. The zero-order valence-electron chi connectivity index (χ0n) is 14.5. The van der Waals surface area contributed by atoms with Crippen LogP contribution in [0.3, 0.4) is 0 Å². The maximum atomic E-state index is 12.6. The number of rotatable bonds is 7. The van der Waals surface area contributed by atoms with Crippen LogP contribution >= 0.6 is 20.2 Å². The van der Waals surface area contributed by atoms with E-state index in [0.717, 1.165) is 22.2 Å². The van der Waals surface area contributed by atoms with Gasteiger partial charge in [0.05, 0.1) is 11.6 Å². The summed E-state index contributed by atoms with van der Waals surface area (Å²) < 4.78 is 10.5. The van der Waals surface area contributed by atoms with Gasteiger partial charge in [0.25, 0.3) is 0 Å². The van der Waals surface area contributed by atoms with Crippen LogP contribution < -0.4 is 10.0 Å². The summed E-state index contributed by atoms with van der Waals surface area (Å²) in [6.07, 6.45) is 0. The van der Waals surface area contributed by atoms with Crippen LogP contribution in [-0.2, 0) is 4.74 Å². The first kappa shape index (κ1) is 21.2. The molecule has 0 aromatic heterocycles. The van der Waals surface area contributed by atoms with Crippen LogP contribution in [0.5, 0.6) is 5.75 Å². The molecule has 1 unspecified atom stereocenters. The van der Waals surface area contributed by atoms with E-state index in [4.69, 9.17) is 21.1 Å². The molecular formula is C18H20ClLiO3P. The minimum Gasteiger partial charge on any atom is -0.491 e. The minimum atomic E-state index is 0. The Hall–Kier alpha value is -0.813. The molecular weight excluding hydrogens is 338 g/mol. The normalized spacial score (nSPS) is 10.7. The van der Waals surface area contributed by atoms with Crippen molar-refractivity contribution in [3.63, 3.8) is 0 Å². The van der Waals surface area contributed by atoms with Gasteiger partial charge in [0, 0.05) is 31.5 Å². The fourth-order valence-electron chi connectivity index (χ4n) is 2.21. The van der Waals surface area contributed by atoms with Crippen molar-refractivity contribution in [2.24, 2.45) is 0 Å². The summed E-state index contributed by atoms with van der Waals surface area (Å²) in [5.41, 5.74) is 2.63. The Labute approximate surface area is 162 Å². The van der Waals surface area contributed by atoms with Crippen molar-refractivity contribution in [3.05, 3.63) is 58.1 Å². The van der Waals surface area contributed by atoms with Crippen LogP contribution in [0.15, 0.2) is 36.4 Å². The quantitative estimate of drug-likeness (QED) is 0.430. The van der Waals surface area contributed by atoms with Crippen molar-refractivity contribution >= 4 is 49.9 Å².